The van der Waals surface area contributed by atoms with E-state index in [9.17, 15) is 9.59 Å². The van der Waals surface area contributed by atoms with Gasteiger partial charge in [-0.25, -0.2) is 0 Å². The van der Waals surface area contributed by atoms with Gasteiger partial charge in [0.15, 0.2) is 0 Å². The molecule has 0 aliphatic carbocycles. The van der Waals surface area contributed by atoms with E-state index in [1.54, 1.807) is 4.90 Å². The van der Waals surface area contributed by atoms with E-state index in [4.69, 9.17) is 5.11 Å². The fraction of sp³-hybridized carbons (Fsp3) is 0.444. The molecule has 1 N–H and O–H groups in total. The third-order valence-corrected chi connectivity index (χ3v) is 4.10. The number of aliphatic carboxylic acids is 1. The van der Waals surface area contributed by atoms with Gasteiger partial charge in [-0.3, -0.25) is 9.59 Å². The van der Waals surface area contributed by atoms with Gasteiger partial charge in [0.05, 0.1) is 6.42 Å². The number of nitrogens with zero attached hydrogens (tertiary/aromatic N) is 2. The van der Waals surface area contributed by atoms with Crippen LogP contribution in [-0.2, 0) is 23.1 Å². The van der Waals surface area contributed by atoms with E-state index in [2.05, 4.69) is 22.9 Å². The van der Waals surface area contributed by atoms with Crippen molar-refractivity contribution in [1.29, 1.82) is 0 Å². The quantitative estimate of drug-likeness (QED) is 0.854. The lowest BCUT2D eigenvalue weighted by molar-refractivity contribution is -0.139. The van der Waals surface area contributed by atoms with Crippen molar-refractivity contribution in [3.63, 3.8) is 0 Å². The number of para-hydroxylation sites is 1. The monoisotopic (exact) mass is 316 g/mol. The first-order chi connectivity index (χ1) is 10.9. The van der Waals surface area contributed by atoms with Crippen LogP contribution in [0.1, 0.15) is 32.3 Å². The molecule has 1 aromatic heterocycles. The maximum absolute atomic E-state index is 12.4. The van der Waals surface area contributed by atoms with Gasteiger partial charge in [-0.1, -0.05) is 18.2 Å². The SMILES string of the molecule is CC(C)N(CCC(=O)O)C(=O)CCc1cn(C)c2ccccc12. The molecule has 0 aliphatic rings. The topological polar surface area (TPSA) is 62.5 Å². The molecular formula is C18H24N2O3. The van der Waals surface area contributed by atoms with E-state index in [1.165, 1.54) is 5.39 Å². The summed E-state index contributed by atoms with van der Waals surface area (Å²) in [4.78, 5) is 24.8. The summed E-state index contributed by atoms with van der Waals surface area (Å²) >= 11 is 0. The van der Waals surface area contributed by atoms with Crippen LogP contribution in [0.5, 0.6) is 0 Å². The van der Waals surface area contributed by atoms with Crippen LogP contribution in [0.3, 0.4) is 0 Å². The second-order valence-corrected chi connectivity index (χ2v) is 6.11. The first kappa shape index (κ1) is 17.1. The molecule has 0 saturated heterocycles. The smallest absolute Gasteiger partial charge is 0.305 e. The van der Waals surface area contributed by atoms with Gasteiger partial charge in [-0.05, 0) is 31.9 Å². The summed E-state index contributed by atoms with van der Waals surface area (Å²) in [6, 6.07) is 8.15. The normalized spacial score (nSPS) is 11.1. The van der Waals surface area contributed by atoms with E-state index in [0.29, 0.717) is 12.8 Å². The van der Waals surface area contributed by atoms with Gasteiger partial charge in [0.2, 0.25) is 5.91 Å². The molecular weight excluding hydrogens is 292 g/mol. The van der Waals surface area contributed by atoms with Crippen molar-refractivity contribution < 1.29 is 14.7 Å². The predicted octanol–water partition coefficient (Wildman–Crippen LogP) is 2.82. The third-order valence-electron chi connectivity index (χ3n) is 4.10. The molecule has 0 spiro atoms. The van der Waals surface area contributed by atoms with Crippen molar-refractivity contribution in [2.75, 3.05) is 6.54 Å². The number of benzene rings is 1. The number of carboxylic acid groups (broad SMARTS) is 1. The summed E-state index contributed by atoms with van der Waals surface area (Å²) < 4.78 is 2.07. The van der Waals surface area contributed by atoms with Gasteiger partial charge in [-0.15, -0.1) is 0 Å². The van der Waals surface area contributed by atoms with Gasteiger partial charge in [0.1, 0.15) is 0 Å². The Labute approximate surface area is 136 Å². The first-order valence-electron chi connectivity index (χ1n) is 7.94. The first-order valence-corrected chi connectivity index (χ1v) is 7.94. The van der Waals surface area contributed by atoms with Crippen molar-refractivity contribution in [1.82, 2.24) is 9.47 Å². The maximum atomic E-state index is 12.4. The van der Waals surface area contributed by atoms with Crippen LogP contribution < -0.4 is 0 Å². The standard InChI is InChI=1S/C18H24N2O3/c1-13(2)20(11-10-18(22)23)17(21)9-8-14-12-19(3)16-7-5-4-6-15(14)16/h4-7,12-13H,8-11H2,1-3H3,(H,22,23). The van der Waals surface area contributed by atoms with Crippen LogP contribution in [0.4, 0.5) is 0 Å². The molecule has 2 rings (SSSR count). The average molecular weight is 316 g/mol. The van der Waals surface area contributed by atoms with Gasteiger partial charge >= 0.3 is 5.97 Å². The minimum Gasteiger partial charge on any atom is -0.481 e. The minimum absolute atomic E-state index is 0.00850. The average Bonchev–Trinajstić information content (AvgIpc) is 2.81. The van der Waals surface area contributed by atoms with Crippen molar-refractivity contribution in [3.8, 4) is 0 Å². The second kappa shape index (κ2) is 7.31. The molecule has 0 atom stereocenters. The summed E-state index contributed by atoms with van der Waals surface area (Å²) in [6.07, 6.45) is 3.11. The Bertz CT molecular complexity index is 703. The molecule has 1 heterocycles. The van der Waals surface area contributed by atoms with Crippen molar-refractivity contribution in [2.24, 2.45) is 7.05 Å². The fourth-order valence-corrected chi connectivity index (χ4v) is 2.90. The number of rotatable bonds is 7. The highest BCUT2D eigenvalue weighted by molar-refractivity contribution is 5.85. The van der Waals surface area contributed by atoms with Crippen LogP contribution in [0, 0.1) is 0 Å². The fourth-order valence-electron chi connectivity index (χ4n) is 2.90. The molecule has 0 radical (unpaired) electrons. The Morgan fingerprint density at radius 2 is 1.91 bits per heavy atom. The molecule has 23 heavy (non-hydrogen) atoms. The Hall–Kier alpha value is -2.30. The second-order valence-electron chi connectivity index (χ2n) is 6.11. The van der Waals surface area contributed by atoms with Crippen molar-refractivity contribution >= 4 is 22.8 Å². The molecule has 0 unspecified atom stereocenters. The van der Waals surface area contributed by atoms with Gasteiger partial charge in [-0.2, -0.15) is 0 Å². The summed E-state index contributed by atoms with van der Waals surface area (Å²) in [6.45, 7) is 4.09. The van der Waals surface area contributed by atoms with Gasteiger partial charge in [0.25, 0.3) is 0 Å². The zero-order valence-electron chi connectivity index (χ0n) is 14.0. The van der Waals surface area contributed by atoms with E-state index in [-0.39, 0.29) is 24.9 Å². The lowest BCUT2D eigenvalue weighted by atomic mass is 10.1. The number of aromatic nitrogens is 1. The van der Waals surface area contributed by atoms with E-state index in [1.807, 2.05) is 33.0 Å². The van der Waals surface area contributed by atoms with Crippen molar-refractivity contribution in [2.45, 2.75) is 39.2 Å². The van der Waals surface area contributed by atoms with E-state index < -0.39 is 5.97 Å². The molecule has 0 bridgehead atoms. The number of carboxylic acids is 1. The minimum atomic E-state index is -0.877. The molecule has 2 aromatic rings. The van der Waals surface area contributed by atoms with Crippen molar-refractivity contribution in [3.05, 3.63) is 36.0 Å². The molecule has 0 aliphatic heterocycles. The molecule has 5 nitrogen and oxygen atoms in total. The highest BCUT2D eigenvalue weighted by Crippen LogP contribution is 2.21. The highest BCUT2D eigenvalue weighted by Gasteiger charge is 2.18. The predicted molar refractivity (Wildman–Crippen MR) is 90.3 cm³/mol. The Morgan fingerprint density at radius 3 is 2.57 bits per heavy atom. The number of carbonyl (C=O) groups is 2. The Morgan fingerprint density at radius 1 is 1.22 bits per heavy atom. The van der Waals surface area contributed by atoms with Gasteiger partial charge in [0, 0.05) is 43.2 Å². The zero-order chi connectivity index (χ0) is 17.0. The third kappa shape index (κ3) is 4.12. The molecule has 1 aromatic carbocycles. The Kier molecular flexibility index (Phi) is 5.42. The summed E-state index contributed by atoms with van der Waals surface area (Å²) in [5, 5.41) is 9.99. The van der Waals surface area contributed by atoms with Gasteiger partial charge < -0.3 is 14.6 Å². The highest BCUT2D eigenvalue weighted by atomic mass is 16.4. The van der Waals surface area contributed by atoms with Crippen LogP contribution >= 0.6 is 0 Å². The summed E-state index contributed by atoms with van der Waals surface area (Å²) in [5.74, 6) is -0.869. The number of amides is 1. The Balaban J connectivity index is 2.05. The van der Waals surface area contributed by atoms with E-state index >= 15 is 0 Å². The summed E-state index contributed by atoms with van der Waals surface area (Å²) in [7, 11) is 2.00. The van der Waals surface area contributed by atoms with Crippen LogP contribution in [0.15, 0.2) is 30.5 Å². The van der Waals surface area contributed by atoms with E-state index in [0.717, 1.165) is 11.1 Å². The number of aryl methyl sites for hydroxylation is 2. The molecule has 0 fully saturated rings. The molecule has 1 amide bonds. The number of fused-ring (bicyclic) bond motifs is 1. The maximum Gasteiger partial charge on any atom is 0.305 e. The lowest BCUT2D eigenvalue weighted by Gasteiger charge is -2.26. The number of hydrogen-bond donors (Lipinski definition) is 1. The molecule has 0 saturated carbocycles. The van der Waals surface area contributed by atoms with Crippen LogP contribution in [-0.4, -0.2) is 39.0 Å². The zero-order valence-corrected chi connectivity index (χ0v) is 14.0. The number of carbonyl (C=O) groups excluding carboxylic acids is 1. The molecule has 124 valence electrons. The van der Waals surface area contributed by atoms with Crippen LogP contribution in [0.25, 0.3) is 10.9 Å². The lowest BCUT2D eigenvalue weighted by Crippen LogP contribution is -2.38. The number of hydrogen-bond acceptors (Lipinski definition) is 2. The largest absolute Gasteiger partial charge is 0.481 e. The molecule has 5 heteroatoms. The van der Waals surface area contributed by atoms with Crippen LogP contribution in [0.2, 0.25) is 0 Å². The summed E-state index contributed by atoms with van der Waals surface area (Å²) in [5.41, 5.74) is 2.31.